The molecule has 1 fully saturated rings. The predicted octanol–water partition coefficient (Wildman–Crippen LogP) is 4.40. The van der Waals surface area contributed by atoms with E-state index in [0.29, 0.717) is 29.5 Å². The molecule has 0 unspecified atom stereocenters. The highest BCUT2D eigenvalue weighted by atomic mass is 16.5. The van der Waals surface area contributed by atoms with Crippen molar-refractivity contribution < 1.29 is 18.8 Å². The van der Waals surface area contributed by atoms with E-state index in [4.69, 9.17) is 9.26 Å². The van der Waals surface area contributed by atoms with Crippen LogP contribution >= 0.6 is 0 Å². The maximum atomic E-state index is 12.9. The Bertz CT molecular complexity index is 1320. The van der Waals surface area contributed by atoms with Crippen molar-refractivity contribution in [2.75, 3.05) is 23.9 Å². The van der Waals surface area contributed by atoms with E-state index < -0.39 is 5.92 Å². The number of carbonyl (C=O) groups is 2. The molecule has 2 heterocycles. The largest absolute Gasteiger partial charge is 0.497 e. The second-order valence-electron chi connectivity index (χ2n) is 7.96. The zero-order valence-electron chi connectivity index (χ0n) is 18.5. The number of rotatable bonds is 6. The van der Waals surface area contributed by atoms with Gasteiger partial charge in [0.1, 0.15) is 5.75 Å². The van der Waals surface area contributed by atoms with Gasteiger partial charge in [0.05, 0.1) is 13.0 Å². The molecule has 1 saturated heterocycles. The minimum Gasteiger partial charge on any atom is -0.497 e. The molecule has 2 amide bonds. The van der Waals surface area contributed by atoms with Crippen molar-refractivity contribution in [2.45, 2.75) is 6.42 Å². The molecule has 1 aliphatic rings. The third-order valence-electron chi connectivity index (χ3n) is 5.71. The third-order valence-corrected chi connectivity index (χ3v) is 5.71. The molecular weight excluding hydrogens is 432 g/mol. The minimum absolute atomic E-state index is 0.0583. The molecule has 0 saturated carbocycles. The number of carbonyl (C=O) groups excluding carboxylic acids is 2. The molecule has 5 rings (SSSR count). The molecule has 1 aromatic heterocycles. The SMILES string of the molecule is COc1ccc(-c2noc(-c3cccc(NC(=O)[C@@H]4CC(=O)N(c5ccccc5)C4)c3)n2)cc1. The first-order chi connectivity index (χ1) is 16.6. The molecule has 0 spiro atoms. The molecule has 0 aliphatic carbocycles. The highest BCUT2D eigenvalue weighted by Gasteiger charge is 2.35. The quantitative estimate of drug-likeness (QED) is 0.464. The zero-order chi connectivity index (χ0) is 23.5. The van der Waals surface area contributed by atoms with Crippen LogP contribution in [0.25, 0.3) is 22.8 Å². The van der Waals surface area contributed by atoms with Crippen LogP contribution in [0, 0.1) is 5.92 Å². The molecule has 4 aromatic rings. The summed E-state index contributed by atoms with van der Waals surface area (Å²) in [5.41, 5.74) is 2.87. The van der Waals surface area contributed by atoms with Gasteiger partial charge in [-0.05, 0) is 54.6 Å². The third kappa shape index (κ3) is 4.38. The van der Waals surface area contributed by atoms with Gasteiger partial charge in [0.2, 0.25) is 17.6 Å². The van der Waals surface area contributed by atoms with Crippen LogP contribution < -0.4 is 15.0 Å². The number of hydrogen-bond donors (Lipinski definition) is 1. The Morgan fingerprint density at radius 1 is 1.03 bits per heavy atom. The average molecular weight is 454 g/mol. The van der Waals surface area contributed by atoms with Crippen molar-refractivity contribution in [1.29, 1.82) is 0 Å². The fraction of sp³-hybridized carbons (Fsp3) is 0.154. The van der Waals surface area contributed by atoms with Crippen LogP contribution in [0.15, 0.2) is 83.4 Å². The first kappa shape index (κ1) is 21.4. The Morgan fingerprint density at radius 3 is 2.59 bits per heavy atom. The van der Waals surface area contributed by atoms with E-state index in [9.17, 15) is 9.59 Å². The van der Waals surface area contributed by atoms with E-state index in [-0.39, 0.29) is 18.2 Å². The summed E-state index contributed by atoms with van der Waals surface area (Å²) in [6.45, 7) is 0.350. The second-order valence-corrected chi connectivity index (χ2v) is 7.96. The minimum atomic E-state index is -0.429. The normalized spacial score (nSPS) is 15.4. The number of hydrogen-bond acceptors (Lipinski definition) is 6. The fourth-order valence-corrected chi connectivity index (χ4v) is 3.91. The number of anilines is 2. The maximum Gasteiger partial charge on any atom is 0.258 e. The number of nitrogens with one attached hydrogen (secondary N) is 1. The van der Waals surface area contributed by atoms with Crippen LogP contribution in [0.1, 0.15) is 6.42 Å². The highest BCUT2D eigenvalue weighted by Crippen LogP contribution is 2.28. The van der Waals surface area contributed by atoms with Crippen LogP contribution in [-0.4, -0.2) is 35.6 Å². The van der Waals surface area contributed by atoms with E-state index in [2.05, 4.69) is 15.5 Å². The second kappa shape index (κ2) is 9.19. The van der Waals surface area contributed by atoms with Gasteiger partial charge in [-0.2, -0.15) is 4.98 Å². The summed E-state index contributed by atoms with van der Waals surface area (Å²) in [5.74, 6) is 0.851. The van der Waals surface area contributed by atoms with Crippen LogP contribution in [0.3, 0.4) is 0 Å². The fourth-order valence-electron chi connectivity index (χ4n) is 3.91. The molecule has 1 atom stereocenters. The maximum absolute atomic E-state index is 12.9. The molecule has 3 aromatic carbocycles. The van der Waals surface area contributed by atoms with Gasteiger partial charge >= 0.3 is 0 Å². The zero-order valence-corrected chi connectivity index (χ0v) is 18.5. The number of benzene rings is 3. The molecule has 170 valence electrons. The smallest absolute Gasteiger partial charge is 0.258 e. The number of nitrogens with zero attached hydrogens (tertiary/aromatic N) is 3. The van der Waals surface area contributed by atoms with Gasteiger partial charge in [-0.3, -0.25) is 9.59 Å². The summed E-state index contributed by atoms with van der Waals surface area (Å²) in [4.78, 5) is 31.4. The Balaban J connectivity index is 1.28. The predicted molar refractivity (Wildman–Crippen MR) is 127 cm³/mol. The van der Waals surface area contributed by atoms with E-state index in [1.807, 2.05) is 60.7 Å². The van der Waals surface area contributed by atoms with E-state index in [1.165, 1.54) is 0 Å². The Hall–Kier alpha value is -4.46. The lowest BCUT2D eigenvalue weighted by molar-refractivity contribution is -0.122. The van der Waals surface area contributed by atoms with Crippen LogP contribution in [0.2, 0.25) is 0 Å². The van der Waals surface area contributed by atoms with Gasteiger partial charge in [0, 0.05) is 35.5 Å². The van der Waals surface area contributed by atoms with Crippen molar-refractivity contribution in [3.8, 4) is 28.6 Å². The first-order valence-corrected chi connectivity index (χ1v) is 10.9. The lowest BCUT2D eigenvalue weighted by Crippen LogP contribution is -2.28. The summed E-state index contributed by atoms with van der Waals surface area (Å²) in [6, 6.07) is 23.9. The molecule has 8 nitrogen and oxygen atoms in total. The monoisotopic (exact) mass is 454 g/mol. The summed E-state index contributed by atoms with van der Waals surface area (Å²) >= 11 is 0. The lowest BCUT2D eigenvalue weighted by atomic mass is 10.1. The van der Waals surface area contributed by atoms with Crippen LogP contribution in [0.5, 0.6) is 5.75 Å². The number of aromatic nitrogens is 2. The molecule has 1 aliphatic heterocycles. The standard InChI is InChI=1S/C26H22N4O4/c1-33-22-12-10-17(11-13-22)24-28-26(34-29-24)18-6-5-7-20(14-18)27-25(32)19-15-23(31)30(16-19)21-8-3-2-4-9-21/h2-14,19H,15-16H2,1H3,(H,27,32)/t19-/m1/s1. The molecule has 0 bridgehead atoms. The van der Waals surface area contributed by atoms with Gasteiger partial charge < -0.3 is 19.5 Å². The molecule has 34 heavy (non-hydrogen) atoms. The van der Waals surface area contributed by atoms with Crippen molar-refractivity contribution >= 4 is 23.2 Å². The molecule has 0 radical (unpaired) electrons. The van der Waals surface area contributed by atoms with Gasteiger partial charge in [0.25, 0.3) is 5.89 Å². The summed E-state index contributed by atoms with van der Waals surface area (Å²) in [6.07, 6.45) is 0.176. The molecule has 8 heteroatoms. The summed E-state index contributed by atoms with van der Waals surface area (Å²) in [7, 11) is 1.61. The van der Waals surface area contributed by atoms with Gasteiger partial charge in [-0.15, -0.1) is 0 Å². The Morgan fingerprint density at radius 2 is 1.82 bits per heavy atom. The topological polar surface area (TPSA) is 97.6 Å². The van der Waals surface area contributed by atoms with Crippen LogP contribution in [0.4, 0.5) is 11.4 Å². The lowest BCUT2D eigenvalue weighted by Gasteiger charge is -2.16. The van der Waals surface area contributed by atoms with E-state index in [1.54, 1.807) is 30.2 Å². The Labute approximate surface area is 196 Å². The van der Waals surface area contributed by atoms with Crippen molar-refractivity contribution in [1.82, 2.24) is 10.1 Å². The van der Waals surface area contributed by atoms with Crippen molar-refractivity contribution in [3.05, 3.63) is 78.9 Å². The van der Waals surface area contributed by atoms with E-state index in [0.717, 1.165) is 17.0 Å². The highest BCUT2D eigenvalue weighted by molar-refractivity contribution is 6.03. The number of methoxy groups -OCH3 is 1. The van der Waals surface area contributed by atoms with Crippen molar-refractivity contribution in [3.63, 3.8) is 0 Å². The van der Waals surface area contributed by atoms with Crippen LogP contribution in [-0.2, 0) is 9.59 Å². The molecule has 1 N–H and O–H groups in total. The van der Waals surface area contributed by atoms with Crippen molar-refractivity contribution in [2.24, 2.45) is 5.92 Å². The summed E-state index contributed by atoms with van der Waals surface area (Å²) < 4.78 is 10.6. The Kier molecular flexibility index (Phi) is 5.78. The van der Waals surface area contributed by atoms with Gasteiger partial charge in [-0.25, -0.2) is 0 Å². The molecular formula is C26H22N4O4. The van der Waals surface area contributed by atoms with Gasteiger partial charge in [-0.1, -0.05) is 29.4 Å². The number of para-hydroxylation sites is 1. The first-order valence-electron chi connectivity index (χ1n) is 10.9. The number of ether oxygens (including phenoxy) is 1. The summed E-state index contributed by atoms with van der Waals surface area (Å²) in [5, 5.41) is 6.98. The van der Waals surface area contributed by atoms with Gasteiger partial charge in [0.15, 0.2) is 0 Å². The number of amides is 2. The average Bonchev–Trinajstić information content (AvgIpc) is 3.52. The van der Waals surface area contributed by atoms with E-state index >= 15 is 0 Å².